The van der Waals surface area contributed by atoms with Gasteiger partial charge in [-0.25, -0.2) is 4.79 Å². The topological polar surface area (TPSA) is 95.9 Å². The second kappa shape index (κ2) is 8.26. The number of amides is 1. The zero-order valence-corrected chi connectivity index (χ0v) is 12.2. The van der Waals surface area contributed by atoms with Crippen LogP contribution < -0.4 is 10.1 Å². The van der Waals surface area contributed by atoms with E-state index in [9.17, 15) is 14.7 Å². The number of hydrogen-bond acceptors (Lipinski definition) is 4. The molecule has 0 spiro atoms. The van der Waals surface area contributed by atoms with Gasteiger partial charge in [0.1, 0.15) is 5.75 Å². The molecule has 1 rings (SSSR count). The molecule has 1 aromatic carbocycles. The van der Waals surface area contributed by atoms with Crippen LogP contribution in [0, 0.1) is 0 Å². The SMILES string of the molecule is CCCCOc1ccc(C(=O)N[C@@H](C(=O)O)[C@H](C)O)cc1. The van der Waals surface area contributed by atoms with Crippen molar-refractivity contribution < 1.29 is 24.5 Å². The molecule has 2 atom stereocenters. The molecule has 21 heavy (non-hydrogen) atoms. The van der Waals surface area contributed by atoms with E-state index in [1.807, 2.05) is 0 Å². The normalized spacial score (nSPS) is 13.3. The minimum absolute atomic E-state index is 0.310. The number of nitrogens with one attached hydrogen (secondary N) is 1. The largest absolute Gasteiger partial charge is 0.494 e. The number of carbonyl (C=O) groups excluding carboxylic acids is 1. The van der Waals surface area contributed by atoms with Crippen molar-refractivity contribution in [1.29, 1.82) is 0 Å². The average Bonchev–Trinajstić information content (AvgIpc) is 2.44. The van der Waals surface area contributed by atoms with Crippen LogP contribution in [0.25, 0.3) is 0 Å². The van der Waals surface area contributed by atoms with Crippen molar-refractivity contribution >= 4 is 11.9 Å². The molecule has 0 aliphatic rings. The Morgan fingerprint density at radius 1 is 1.29 bits per heavy atom. The van der Waals surface area contributed by atoms with Gasteiger partial charge in [-0.05, 0) is 37.6 Å². The molecule has 0 fully saturated rings. The Bertz CT molecular complexity index is 469. The number of carboxylic acids is 1. The van der Waals surface area contributed by atoms with Gasteiger partial charge in [-0.3, -0.25) is 4.79 Å². The van der Waals surface area contributed by atoms with Crippen LogP contribution in [0.1, 0.15) is 37.0 Å². The quantitative estimate of drug-likeness (QED) is 0.630. The van der Waals surface area contributed by atoms with Gasteiger partial charge >= 0.3 is 5.97 Å². The van der Waals surface area contributed by atoms with Crippen LogP contribution in [0.5, 0.6) is 5.75 Å². The summed E-state index contributed by atoms with van der Waals surface area (Å²) in [4.78, 5) is 22.8. The van der Waals surface area contributed by atoms with Crippen LogP contribution in [0.3, 0.4) is 0 Å². The Morgan fingerprint density at radius 2 is 1.90 bits per heavy atom. The lowest BCUT2D eigenvalue weighted by Gasteiger charge is -2.17. The lowest BCUT2D eigenvalue weighted by molar-refractivity contribution is -0.141. The average molecular weight is 295 g/mol. The molecular weight excluding hydrogens is 274 g/mol. The number of ether oxygens (including phenoxy) is 1. The minimum atomic E-state index is -1.34. The van der Waals surface area contributed by atoms with Crippen molar-refractivity contribution in [2.24, 2.45) is 0 Å². The van der Waals surface area contributed by atoms with Gasteiger partial charge in [-0.1, -0.05) is 13.3 Å². The Hall–Kier alpha value is -2.08. The van der Waals surface area contributed by atoms with E-state index in [1.165, 1.54) is 6.92 Å². The van der Waals surface area contributed by atoms with E-state index >= 15 is 0 Å². The Morgan fingerprint density at radius 3 is 2.38 bits per heavy atom. The zero-order chi connectivity index (χ0) is 15.8. The van der Waals surface area contributed by atoms with Crippen LogP contribution in [0.2, 0.25) is 0 Å². The highest BCUT2D eigenvalue weighted by Gasteiger charge is 2.25. The molecule has 0 heterocycles. The first-order valence-electron chi connectivity index (χ1n) is 6.90. The maximum atomic E-state index is 11.9. The highest BCUT2D eigenvalue weighted by Crippen LogP contribution is 2.13. The van der Waals surface area contributed by atoms with Crippen LogP contribution >= 0.6 is 0 Å². The number of carboxylic acid groups (broad SMARTS) is 1. The van der Waals surface area contributed by atoms with Gasteiger partial charge in [0.15, 0.2) is 6.04 Å². The molecular formula is C15H21NO5. The summed E-state index contributed by atoms with van der Waals surface area (Å²) in [7, 11) is 0. The predicted molar refractivity (Wildman–Crippen MR) is 77.4 cm³/mol. The van der Waals surface area contributed by atoms with E-state index in [4.69, 9.17) is 9.84 Å². The molecule has 116 valence electrons. The van der Waals surface area contributed by atoms with Crippen molar-refractivity contribution in [1.82, 2.24) is 5.32 Å². The molecule has 6 nitrogen and oxygen atoms in total. The van der Waals surface area contributed by atoms with Crippen molar-refractivity contribution in [3.8, 4) is 5.75 Å². The first-order chi connectivity index (χ1) is 9.95. The standard InChI is InChI=1S/C15H21NO5/c1-3-4-9-21-12-7-5-11(6-8-12)14(18)16-13(10(2)17)15(19)20/h5-8,10,13,17H,3-4,9H2,1-2H3,(H,16,18)(H,19,20)/t10-,13+/m0/s1. The number of hydrogen-bond donors (Lipinski definition) is 3. The van der Waals surface area contributed by atoms with Crippen LogP contribution in [-0.2, 0) is 4.79 Å². The smallest absolute Gasteiger partial charge is 0.328 e. The van der Waals surface area contributed by atoms with Crippen LogP contribution in [-0.4, -0.2) is 40.8 Å². The predicted octanol–water partition coefficient (Wildman–Crippen LogP) is 1.43. The highest BCUT2D eigenvalue weighted by molar-refractivity contribution is 5.96. The molecule has 0 bridgehead atoms. The Kier molecular flexibility index (Phi) is 6.68. The fraction of sp³-hybridized carbons (Fsp3) is 0.467. The molecule has 0 saturated carbocycles. The molecule has 0 aliphatic carbocycles. The summed E-state index contributed by atoms with van der Waals surface area (Å²) in [6.07, 6.45) is 0.816. The third kappa shape index (κ3) is 5.43. The maximum Gasteiger partial charge on any atom is 0.328 e. The van der Waals surface area contributed by atoms with Crippen molar-refractivity contribution in [2.75, 3.05) is 6.61 Å². The van der Waals surface area contributed by atoms with Gasteiger partial charge in [0.2, 0.25) is 0 Å². The molecule has 1 amide bonds. The molecule has 0 unspecified atom stereocenters. The minimum Gasteiger partial charge on any atom is -0.494 e. The number of unbranched alkanes of at least 4 members (excludes halogenated alkanes) is 1. The van der Waals surface area contributed by atoms with E-state index in [1.54, 1.807) is 24.3 Å². The fourth-order valence-electron chi connectivity index (χ4n) is 1.65. The summed E-state index contributed by atoms with van der Waals surface area (Å²) < 4.78 is 5.47. The molecule has 0 aliphatic heterocycles. The molecule has 6 heteroatoms. The Labute approximate surface area is 123 Å². The number of aliphatic hydroxyl groups excluding tert-OH is 1. The van der Waals surface area contributed by atoms with Gasteiger partial charge in [0.05, 0.1) is 12.7 Å². The molecule has 0 aromatic heterocycles. The number of carbonyl (C=O) groups is 2. The highest BCUT2D eigenvalue weighted by atomic mass is 16.5. The molecule has 0 radical (unpaired) electrons. The van der Waals surface area contributed by atoms with E-state index in [2.05, 4.69) is 12.2 Å². The summed E-state index contributed by atoms with van der Waals surface area (Å²) >= 11 is 0. The summed E-state index contributed by atoms with van der Waals surface area (Å²) in [6, 6.07) is 5.08. The lowest BCUT2D eigenvalue weighted by Crippen LogP contribution is -2.47. The maximum absolute atomic E-state index is 11.9. The molecule has 1 aromatic rings. The van der Waals surface area contributed by atoms with Crippen molar-refractivity contribution in [3.05, 3.63) is 29.8 Å². The third-order valence-electron chi connectivity index (χ3n) is 2.92. The van der Waals surface area contributed by atoms with Crippen molar-refractivity contribution in [3.63, 3.8) is 0 Å². The van der Waals surface area contributed by atoms with Gasteiger partial charge in [-0.15, -0.1) is 0 Å². The van der Waals surface area contributed by atoms with E-state index in [0.717, 1.165) is 12.8 Å². The summed E-state index contributed by atoms with van der Waals surface area (Å²) in [6.45, 7) is 3.99. The summed E-state index contributed by atoms with van der Waals surface area (Å²) in [5, 5.41) is 20.5. The number of benzene rings is 1. The summed E-state index contributed by atoms with van der Waals surface area (Å²) in [5.74, 6) is -1.17. The van der Waals surface area contributed by atoms with E-state index in [-0.39, 0.29) is 0 Å². The van der Waals surface area contributed by atoms with Crippen LogP contribution in [0.15, 0.2) is 24.3 Å². The van der Waals surface area contributed by atoms with Gasteiger partial charge in [-0.2, -0.15) is 0 Å². The number of rotatable bonds is 8. The second-order valence-electron chi connectivity index (χ2n) is 4.76. The van der Waals surface area contributed by atoms with E-state index in [0.29, 0.717) is 17.9 Å². The molecule has 3 N–H and O–H groups in total. The van der Waals surface area contributed by atoms with Crippen molar-refractivity contribution in [2.45, 2.75) is 38.8 Å². The van der Waals surface area contributed by atoms with Crippen LogP contribution in [0.4, 0.5) is 0 Å². The lowest BCUT2D eigenvalue weighted by atomic mass is 10.1. The zero-order valence-electron chi connectivity index (χ0n) is 12.2. The fourth-order valence-corrected chi connectivity index (χ4v) is 1.65. The third-order valence-corrected chi connectivity index (χ3v) is 2.92. The summed E-state index contributed by atoms with van der Waals surface area (Å²) in [5.41, 5.74) is 0.310. The first-order valence-corrected chi connectivity index (χ1v) is 6.90. The molecule has 0 saturated heterocycles. The number of aliphatic carboxylic acids is 1. The van der Waals surface area contributed by atoms with Gasteiger partial charge < -0.3 is 20.3 Å². The number of aliphatic hydroxyl groups is 1. The monoisotopic (exact) mass is 295 g/mol. The Balaban J connectivity index is 2.64. The van der Waals surface area contributed by atoms with Gasteiger partial charge in [0, 0.05) is 5.56 Å². The van der Waals surface area contributed by atoms with Gasteiger partial charge in [0.25, 0.3) is 5.91 Å². The van der Waals surface area contributed by atoms with E-state index < -0.39 is 24.0 Å². The first kappa shape index (κ1) is 17.0. The second-order valence-corrected chi connectivity index (χ2v) is 4.76.